The van der Waals surface area contributed by atoms with Gasteiger partial charge in [-0.2, -0.15) is 5.26 Å². The molecular weight excluding hydrogens is 280 g/mol. The SMILES string of the molecule is CCc1ccc(C(CC)Nc2cc(C#N)ccc2Cl)cc1. The first kappa shape index (κ1) is 15.4. The molecular formula is C18H19ClN2. The summed E-state index contributed by atoms with van der Waals surface area (Å²) in [5, 5.41) is 13.1. The van der Waals surface area contributed by atoms with Crippen molar-refractivity contribution in [2.24, 2.45) is 0 Å². The molecule has 0 amide bonds. The Morgan fingerprint density at radius 3 is 2.43 bits per heavy atom. The lowest BCUT2D eigenvalue weighted by Crippen LogP contribution is -2.10. The highest BCUT2D eigenvalue weighted by Gasteiger charge is 2.11. The molecule has 1 atom stereocenters. The van der Waals surface area contributed by atoms with Crippen molar-refractivity contribution >= 4 is 17.3 Å². The Hall–Kier alpha value is -1.98. The normalized spacial score (nSPS) is 11.7. The Labute approximate surface area is 131 Å². The molecule has 108 valence electrons. The maximum absolute atomic E-state index is 9.00. The van der Waals surface area contributed by atoms with Crippen LogP contribution in [0.4, 0.5) is 5.69 Å². The van der Waals surface area contributed by atoms with Gasteiger partial charge >= 0.3 is 0 Å². The Bertz CT molecular complexity index is 641. The van der Waals surface area contributed by atoms with Crippen molar-refractivity contribution in [2.45, 2.75) is 32.7 Å². The van der Waals surface area contributed by atoms with Crippen molar-refractivity contribution in [3.05, 3.63) is 64.2 Å². The monoisotopic (exact) mass is 298 g/mol. The average Bonchev–Trinajstić information content (AvgIpc) is 2.54. The van der Waals surface area contributed by atoms with E-state index >= 15 is 0 Å². The molecule has 2 rings (SSSR count). The predicted octanol–water partition coefficient (Wildman–Crippen LogP) is 5.34. The van der Waals surface area contributed by atoms with E-state index in [1.807, 2.05) is 0 Å². The van der Waals surface area contributed by atoms with E-state index < -0.39 is 0 Å². The molecule has 1 unspecified atom stereocenters. The van der Waals surface area contributed by atoms with E-state index in [2.05, 4.69) is 49.5 Å². The summed E-state index contributed by atoms with van der Waals surface area (Å²) in [4.78, 5) is 0. The van der Waals surface area contributed by atoms with Crippen molar-refractivity contribution in [2.75, 3.05) is 5.32 Å². The molecule has 0 heterocycles. The quantitative estimate of drug-likeness (QED) is 0.809. The lowest BCUT2D eigenvalue weighted by atomic mass is 10.0. The predicted molar refractivity (Wildman–Crippen MR) is 88.6 cm³/mol. The Balaban J connectivity index is 2.24. The summed E-state index contributed by atoms with van der Waals surface area (Å²) in [5.41, 5.74) is 3.98. The molecule has 0 aliphatic heterocycles. The molecule has 2 aromatic rings. The van der Waals surface area contributed by atoms with Gasteiger partial charge in [0.1, 0.15) is 0 Å². The van der Waals surface area contributed by atoms with Crippen LogP contribution in [0.2, 0.25) is 5.02 Å². The first-order valence-corrected chi connectivity index (χ1v) is 7.60. The highest BCUT2D eigenvalue weighted by Crippen LogP contribution is 2.29. The van der Waals surface area contributed by atoms with Gasteiger partial charge in [-0.25, -0.2) is 0 Å². The fourth-order valence-corrected chi connectivity index (χ4v) is 2.47. The molecule has 0 aromatic heterocycles. The Morgan fingerprint density at radius 1 is 1.14 bits per heavy atom. The minimum absolute atomic E-state index is 0.183. The van der Waals surface area contributed by atoms with Gasteiger partial charge in [-0.1, -0.05) is 49.7 Å². The highest BCUT2D eigenvalue weighted by molar-refractivity contribution is 6.33. The van der Waals surface area contributed by atoms with Crippen molar-refractivity contribution in [1.82, 2.24) is 0 Å². The number of hydrogen-bond acceptors (Lipinski definition) is 2. The van der Waals surface area contributed by atoms with Gasteiger partial charge in [-0.3, -0.25) is 0 Å². The number of rotatable bonds is 5. The van der Waals surface area contributed by atoms with Crippen LogP contribution in [0.1, 0.15) is 43.0 Å². The minimum atomic E-state index is 0.183. The lowest BCUT2D eigenvalue weighted by Gasteiger charge is -2.20. The van der Waals surface area contributed by atoms with Gasteiger partial charge in [0, 0.05) is 0 Å². The molecule has 0 bridgehead atoms. The summed E-state index contributed by atoms with van der Waals surface area (Å²) in [7, 11) is 0. The Kier molecular flexibility index (Phi) is 5.25. The van der Waals surface area contributed by atoms with Crippen LogP contribution < -0.4 is 5.32 Å². The third-order valence-electron chi connectivity index (χ3n) is 3.62. The fraction of sp³-hybridized carbons (Fsp3) is 0.278. The maximum Gasteiger partial charge on any atom is 0.0992 e. The summed E-state index contributed by atoms with van der Waals surface area (Å²) in [6, 6.07) is 16.2. The smallest absolute Gasteiger partial charge is 0.0992 e. The number of aryl methyl sites for hydroxylation is 1. The number of nitrogens with one attached hydrogen (secondary N) is 1. The Morgan fingerprint density at radius 2 is 1.86 bits per heavy atom. The van der Waals surface area contributed by atoms with Crippen LogP contribution in [0.25, 0.3) is 0 Å². The van der Waals surface area contributed by atoms with Crippen molar-refractivity contribution in [1.29, 1.82) is 5.26 Å². The van der Waals surface area contributed by atoms with Crippen molar-refractivity contribution < 1.29 is 0 Å². The summed E-state index contributed by atoms with van der Waals surface area (Å²) >= 11 is 6.22. The molecule has 0 saturated heterocycles. The van der Waals surface area contributed by atoms with E-state index in [0.717, 1.165) is 18.5 Å². The van der Waals surface area contributed by atoms with Crippen LogP contribution in [0.5, 0.6) is 0 Å². The standard InChI is InChI=1S/C18H19ClN2/c1-3-13-5-8-15(9-6-13)17(4-2)21-18-11-14(12-20)7-10-16(18)19/h5-11,17,21H,3-4H2,1-2H3. The van der Waals surface area contributed by atoms with E-state index in [1.165, 1.54) is 11.1 Å². The van der Waals surface area contributed by atoms with E-state index in [-0.39, 0.29) is 6.04 Å². The van der Waals surface area contributed by atoms with Crippen LogP contribution >= 0.6 is 11.6 Å². The number of benzene rings is 2. The number of hydrogen-bond donors (Lipinski definition) is 1. The molecule has 0 aliphatic carbocycles. The van der Waals surface area contributed by atoms with Crippen LogP contribution in [0.15, 0.2) is 42.5 Å². The third-order valence-corrected chi connectivity index (χ3v) is 3.95. The second-order valence-corrected chi connectivity index (χ2v) is 5.41. The molecule has 0 saturated carbocycles. The molecule has 0 radical (unpaired) electrons. The fourth-order valence-electron chi connectivity index (χ4n) is 2.30. The van der Waals surface area contributed by atoms with Gasteiger partial charge in [0.25, 0.3) is 0 Å². The maximum atomic E-state index is 9.00. The number of halogens is 1. The lowest BCUT2D eigenvalue weighted by molar-refractivity contribution is 0.749. The van der Waals surface area contributed by atoms with Gasteiger partial charge in [0.15, 0.2) is 0 Å². The van der Waals surface area contributed by atoms with Crippen molar-refractivity contribution in [3.63, 3.8) is 0 Å². The summed E-state index contributed by atoms with van der Waals surface area (Å²) in [5.74, 6) is 0. The number of nitriles is 1. The second-order valence-electron chi connectivity index (χ2n) is 5.01. The van der Waals surface area contributed by atoms with Crippen LogP contribution in [-0.2, 0) is 6.42 Å². The van der Waals surface area contributed by atoms with Gasteiger partial charge < -0.3 is 5.32 Å². The van der Waals surface area contributed by atoms with Gasteiger partial charge in [0.05, 0.1) is 28.4 Å². The van der Waals surface area contributed by atoms with Gasteiger partial charge in [-0.05, 0) is 42.2 Å². The first-order chi connectivity index (χ1) is 10.2. The zero-order chi connectivity index (χ0) is 15.2. The molecule has 3 heteroatoms. The molecule has 2 aromatic carbocycles. The zero-order valence-corrected chi connectivity index (χ0v) is 13.1. The van der Waals surface area contributed by atoms with E-state index in [1.54, 1.807) is 18.2 Å². The van der Waals surface area contributed by atoms with E-state index in [0.29, 0.717) is 10.6 Å². The highest BCUT2D eigenvalue weighted by atomic mass is 35.5. The summed E-state index contributed by atoms with van der Waals surface area (Å²) in [6.07, 6.45) is 1.99. The van der Waals surface area contributed by atoms with Crippen LogP contribution in [-0.4, -0.2) is 0 Å². The van der Waals surface area contributed by atoms with Crippen LogP contribution in [0, 0.1) is 11.3 Å². The molecule has 0 fully saturated rings. The molecule has 2 nitrogen and oxygen atoms in total. The number of anilines is 1. The topological polar surface area (TPSA) is 35.8 Å². The van der Waals surface area contributed by atoms with Crippen LogP contribution in [0.3, 0.4) is 0 Å². The molecule has 0 spiro atoms. The van der Waals surface area contributed by atoms with Gasteiger partial charge in [-0.15, -0.1) is 0 Å². The molecule has 0 aliphatic rings. The first-order valence-electron chi connectivity index (χ1n) is 7.23. The minimum Gasteiger partial charge on any atom is -0.377 e. The molecule has 1 N–H and O–H groups in total. The molecule has 21 heavy (non-hydrogen) atoms. The summed E-state index contributed by atoms with van der Waals surface area (Å²) < 4.78 is 0. The second kappa shape index (κ2) is 7.15. The van der Waals surface area contributed by atoms with Gasteiger partial charge in [0.2, 0.25) is 0 Å². The summed E-state index contributed by atoms with van der Waals surface area (Å²) in [6.45, 7) is 4.28. The van der Waals surface area contributed by atoms with E-state index in [4.69, 9.17) is 16.9 Å². The average molecular weight is 299 g/mol. The van der Waals surface area contributed by atoms with Crippen molar-refractivity contribution in [3.8, 4) is 6.07 Å². The largest absolute Gasteiger partial charge is 0.377 e. The third kappa shape index (κ3) is 3.77. The number of nitrogens with zero attached hydrogens (tertiary/aromatic N) is 1. The van der Waals surface area contributed by atoms with E-state index in [9.17, 15) is 0 Å². The zero-order valence-electron chi connectivity index (χ0n) is 12.4.